The van der Waals surface area contributed by atoms with E-state index in [-0.39, 0.29) is 11.7 Å². The molecule has 0 saturated heterocycles. The van der Waals surface area contributed by atoms with Gasteiger partial charge in [0.25, 0.3) is 5.91 Å². The Morgan fingerprint density at radius 2 is 1.12 bits per heavy atom. The zero-order valence-electron chi connectivity index (χ0n) is 17.7. The lowest BCUT2D eigenvalue weighted by Gasteiger charge is -2.14. The standard InChI is InChI=1S/C30H19NO2/c32-29(22-5-2-1-3-6-22)23-11-15-24(16-12-23)31-30(33)26-18-14-21-10-9-19-7-4-8-20-13-17-25(26)28(21)27(19)20/h1-18H,(H,31,33). The summed E-state index contributed by atoms with van der Waals surface area (Å²) in [5, 5.41) is 9.68. The molecule has 33 heavy (non-hydrogen) atoms. The normalized spacial score (nSPS) is 11.3. The summed E-state index contributed by atoms with van der Waals surface area (Å²) >= 11 is 0. The first-order valence-electron chi connectivity index (χ1n) is 10.9. The van der Waals surface area contributed by atoms with Gasteiger partial charge in [-0.05, 0) is 62.6 Å². The Morgan fingerprint density at radius 1 is 0.515 bits per heavy atom. The van der Waals surface area contributed by atoms with Crippen LogP contribution in [0.3, 0.4) is 0 Å². The average Bonchev–Trinajstić information content (AvgIpc) is 2.87. The number of amides is 1. The molecule has 0 aliphatic carbocycles. The lowest BCUT2D eigenvalue weighted by atomic mass is 9.92. The number of ketones is 1. The van der Waals surface area contributed by atoms with Crippen molar-refractivity contribution in [3.05, 3.63) is 126 Å². The van der Waals surface area contributed by atoms with Crippen molar-refractivity contribution < 1.29 is 9.59 Å². The topological polar surface area (TPSA) is 46.2 Å². The van der Waals surface area contributed by atoms with E-state index in [0.29, 0.717) is 22.4 Å². The Morgan fingerprint density at radius 3 is 1.85 bits per heavy atom. The Balaban J connectivity index is 1.34. The van der Waals surface area contributed by atoms with E-state index in [1.807, 2.05) is 36.4 Å². The van der Waals surface area contributed by atoms with Gasteiger partial charge in [-0.3, -0.25) is 9.59 Å². The molecule has 0 fully saturated rings. The molecule has 1 N–H and O–H groups in total. The second-order valence-electron chi connectivity index (χ2n) is 8.20. The Labute approximate surface area is 190 Å². The summed E-state index contributed by atoms with van der Waals surface area (Å²) in [6.45, 7) is 0. The van der Waals surface area contributed by atoms with E-state index in [0.717, 1.165) is 16.2 Å². The third kappa shape index (κ3) is 3.22. The number of rotatable bonds is 4. The van der Waals surface area contributed by atoms with Crippen LogP contribution in [0.25, 0.3) is 32.3 Å². The maximum Gasteiger partial charge on any atom is 0.256 e. The van der Waals surface area contributed by atoms with Gasteiger partial charge in [-0.1, -0.05) is 78.9 Å². The van der Waals surface area contributed by atoms with Crippen molar-refractivity contribution >= 4 is 49.7 Å². The van der Waals surface area contributed by atoms with Crippen molar-refractivity contribution in [3.8, 4) is 0 Å². The summed E-state index contributed by atoms with van der Waals surface area (Å²) < 4.78 is 0. The molecule has 6 aromatic rings. The first kappa shape index (κ1) is 19.2. The fraction of sp³-hybridized carbons (Fsp3) is 0. The van der Waals surface area contributed by atoms with Crippen molar-refractivity contribution in [1.82, 2.24) is 0 Å². The van der Waals surface area contributed by atoms with E-state index >= 15 is 0 Å². The first-order valence-corrected chi connectivity index (χ1v) is 10.9. The molecule has 3 heteroatoms. The molecule has 0 heterocycles. The van der Waals surface area contributed by atoms with Gasteiger partial charge >= 0.3 is 0 Å². The predicted octanol–water partition coefficient (Wildman–Crippen LogP) is 7.07. The summed E-state index contributed by atoms with van der Waals surface area (Å²) in [4.78, 5) is 25.8. The second-order valence-corrected chi connectivity index (χ2v) is 8.20. The van der Waals surface area contributed by atoms with Crippen LogP contribution in [0.1, 0.15) is 26.3 Å². The first-order chi connectivity index (χ1) is 16.2. The number of carbonyl (C=O) groups is 2. The van der Waals surface area contributed by atoms with Gasteiger partial charge in [-0.2, -0.15) is 0 Å². The largest absolute Gasteiger partial charge is 0.322 e. The van der Waals surface area contributed by atoms with Crippen molar-refractivity contribution in [2.75, 3.05) is 5.32 Å². The van der Waals surface area contributed by atoms with Gasteiger partial charge < -0.3 is 5.32 Å². The van der Waals surface area contributed by atoms with Crippen LogP contribution >= 0.6 is 0 Å². The highest BCUT2D eigenvalue weighted by Crippen LogP contribution is 2.36. The van der Waals surface area contributed by atoms with Crippen LogP contribution < -0.4 is 5.32 Å². The van der Waals surface area contributed by atoms with Gasteiger partial charge in [0.1, 0.15) is 0 Å². The van der Waals surface area contributed by atoms with Gasteiger partial charge in [0.15, 0.2) is 5.78 Å². The summed E-state index contributed by atoms with van der Waals surface area (Å²) in [6.07, 6.45) is 0. The van der Waals surface area contributed by atoms with E-state index in [4.69, 9.17) is 0 Å². The quantitative estimate of drug-likeness (QED) is 0.243. The minimum Gasteiger partial charge on any atom is -0.322 e. The summed E-state index contributed by atoms with van der Waals surface area (Å²) in [6, 6.07) is 34.7. The highest BCUT2D eigenvalue weighted by molar-refractivity contribution is 6.27. The lowest BCUT2D eigenvalue weighted by molar-refractivity contribution is 0.102. The Kier molecular flexibility index (Phi) is 4.41. The summed E-state index contributed by atoms with van der Waals surface area (Å²) in [5.74, 6) is -0.213. The minimum atomic E-state index is -0.171. The highest BCUT2D eigenvalue weighted by Gasteiger charge is 2.15. The second kappa shape index (κ2) is 7.57. The van der Waals surface area contributed by atoms with Gasteiger partial charge in [-0.25, -0.2) is 0 Å². The van der Waals surface area contributed by atoms with Crippen LogP contribution in [0.2, 0.25) is 0 Å². The molecule has 6 aromatic carbocycles. The van der Waals surface area contributed by atoms with Crippen LogP contribution in [0.15, 0.2) is 109 Å². The smallest absolute Gasteiger partial charge is 0.256 e. The zero-order valence-corrected chi connectivity index (χ0v) is 17.7. The van der Waals surface area contributed by atoms with Gasteiger partial charge in [0, 0.05) is 22.4 Å². The SMILES string of the molecule is O=C(c1ccccc1)c1ccc(NC(=O)c2ccc3ccc4cccc5ccc2c3c45)cc1. The van der Waals surface area contributed by atoms with Crippen molar-refractivity contribution in [2.24, 2.45) is 0 Å². The fourth-order valence-corrected chi connectivity index (χ4v) is 4.59. The van der Waals surface area contributed by atoms with E-state index in [2.05, 4.69) is 41.7 Å². The van der Waals surface area contributed by atoms with Crippen molar-refractivity contribution in [1.29, 1.82) is 0 Å². The molecule has 0 aliphatic heterocycles. The number of carbonyl (C=O) groups excluding carboxylic acids is 2. The predicted molar refractivity (Wildman–Crippen MR) is 134 cm³/mol. The molecule has 3 nitrogen and oxygen atoms in total. The maximum atomic E-state index is 13.2. The molecular weight excluding hydrogens is 406 g/mol. The van der Waals surface area contributed by atoms with Gasteiger partial charge in [0.05, 0.1) is 0 Å². The molecule has 0 aliphatic rings. The molecule has 0 unspecified atom stereocenters. The average molecular weight is 425 g/mol. The summed E-state index contributed by atoms with van der Waals surface area (Å²) in [7, 11) is 0. The number of benzene rings is 6. The van der Waals surface area contributed by atoms with Crippen LogP contribution in [-0.4, -0.2) is 11.7 Å². The molecule has 0 spiro atoms. The molecule has 156 valence electrons. The zero-order chi connectivity index (χ0) is 22.4. The summed E-state index contributed by atoms with van der Waals surface area (Å²) in [5.41, 5.74) is 2.50. The number of hydrogen-bond donors (Lipinski definition) is 1. The number of hydrogen-bond acceptors (Lipinski definition) is 2. The van der Waals surface area contributed by atoms with Crippen LogP contribution in [0.4, 0.5) is 5.69 Å². The third-order valence-electron chi connectivity index (χ3n) is 6.21. The molecule has 0 bridgehead atoms. The highest BCUT2D eigenvalue weighted by atomic mass is 16.1. The maximum absolute atomic E-state index is 13.2. The molecule has 0 saturated carbocycles. The van der Waals surface area contributed by atoms with Gasteiger partial charge in [0.2, 0.25) is 0 Å². The van der Waals surface area contributed by atoms with Crippen LogP contribution in [0, 0.1) is 0 Å². The van der Waals surface area contributed by atoms with E-state index < -0.39 is 0 Å². The fourth-order valence-electron chi connectivity index (χ4n) is 4.59. The molecule has 1 amide bonds. The van der Waals surface area contributed by atoms with Crippen molar-refractivity contribution in [2.45, 2.75) is 0 Å². The molecule has 0 aromatic heterocycles. The van der Waals surface area contributed by atoms with Crippen LogP contribution in [-0.2, 0) is 0 Å². The van der Waals surface area contributed by atoms with Gasteiger partial charge in [-0.15, -0.1) is 0 Å². The monoisotopic (exact) mass is 425 g/mol. The van der Waals surface area contributed by atoms with E-state index in [1.54, 1.807) is 36.4 Å². The molecule has 6 rings (SSSR count). The third-order valence-corrected chi connectivity index (χ3v) is 6.21. The number of nitrogens with one attached hydrogen (secondary N) is 1. The van der Waals surface area contributed by atoms with E-state index in [1.165, 1.54) is 16.2 Å². The van der Waals surface area contributed by atoms with Crippen molar-refractivity contribution in [3.63, 3.8) is 0 Å². The molecule has 0 atom stereocenters. The lowest BCUT2D eigenvalue weighted by Crippen LogP contribution is -2.12. The van der Waals surface area contributed by atoms with E-state index in [9.17, 15) is 9.59 Å². The number of anilines is 1. The molecular formula is C30H19NO2. The van der Waals surface area contributed by atoms with Crippen LogP contribution in [0.5, 0.6) is 0 Å². The minimum absolute atomic E-state index is 0.0414. The Hall–Kier alpha value is -4.50. The Bertz CT molecular complexity index is 1630. The molecule has 0 radical (unpaired) electrons.